The van der Waals surface area contributed by atoms with Crippen molar-refractivity contribution >= 4 is 50.0 Å². The third kappa shape index (κ3) is 7.18. The number of aliphatic imine (C=N–C) groups is 1. The van der Waals surface area contributed by atoms with Crippen LogP contribution < -0.4 is 5.11 Å². The highest BCUT2D eigenvalue weighted by Gasteiger charge is 2.28. The van der Waals surface area contributed by atoms with Gasteiger partial charge in [-0.05, 0) is 23.6 Å². The van der Waals surface area contributed by atoms with Crippen molar-refractivity contribution in [3.8, 4) is 11.5 Å². The first-order chi connectivity index (χ1) is 17.3. The van der Waals surface area contributed by atoms with E-state index in [-0.39, 0.29) is 22.8 Å². The molecule has 3 aromatic rings. The molecule has 196 valence electrons. The molecule has 0 atom stereocenters. The minimum atomic E-state index is -4.16. The minimum absolute atomic E-state index is 0.0336. The van der Waals surface area contributed by atoms with Gasteiger partial charge in [-0.2, -0.15) is 8.42 Å². The molecule has 4 rings (SSSR count). The number of rotatable bonds is 6. The summed E-state index contributed by atoms with van der Waals surface area (Å²) < 4.78 is 30.5. The Morgan fingerprint density at radius 2 is 1.59 bits per heavy atom. The monoisotopic (exact) mass is 543 g/mol. The molecule has 0 saturated heterocycles. The standard InChI is InChI=1S/C25H25N3O2S.CH4O4S/c1-28(2,3)13-14-31-20-15-19(27-16-9-5-4-6-10-16)21-22(23(20)26)25(30)18-12-8-7-11-17(18)24(21)29;1-5-6(2,3)4/h4-12,15H,13-14H2,1-3H3,(H2-,26,27,29,30);1H3,(H,2,3,4). The average Bonchev–Trinajstić information content (AvgIpc) is 2.84. The molecular weight excluding hydrogens is 514 g/mol. The lowest BCUT2D eigenvalue weighted by atomic mass is 9.88. The summed E-state index contributed by atoms with van der Waals surface area (Å²) in [4.78, 5) is 5.43. The van der Waals surface area contributed by atoms with Crippen molar-refractivity contribution in [2.24, 2.45) is 4.99 Å². The van der Waals surface area contributed by atoms with Gasteiger partial charge in [-0.3, -0.25) is 14.1 Å². The minimum Gasteiger partial charge on any atom is -0.872 e. The third-order valence-electron chi connectivity index (χ3n) is 5.40. The van der Waals surface area contributed by atoms with Gasteiger partial charge in [0.15, 0.2) is 0 Å². The fourth-order valence-electron chi connectivity index (χ4n) is 3.54. The predicted molar refractivity (Wildman–Crippen MR) is 147 cm³/mol. The number of hydrogen-bond acceptors (Lipinski definition) is 8. The second kappa shape index (κ2) is 11.4. The van der Waals surface area contributed by atoms with Crippen molar-refractivity contribution in [3.63, 3.8) is 0 Å². The van der Waals surface area contributed by atoms with Crippen molar-refractivity contribution in [3.05, 3.63) is 76.7 Å². The molecule has 9 nitrogen and oxygen atoms in total. The number of benzene rings is 3. The number of thioether (sulfide) groups is 1. The zero-order valence-electron chi connectivity index (χ0n) is 20.9. The van der Waals surface area contributed by atoms with E-state index < -0.39 is 10.4 Å². The Hall–Kier alpha value is -3.22. The van der Waals surface area contributed by atoms with Crippen LogP contribution in [0.3, 0.4) is 0 Å². The van der Waals surface area contributed by atoms with Gasteiger partial charge < -0.3 is 14.7 Å². The highest BCUT2D eigenvalue weighted by atomic mass is 32.3. The summed E-state index contributed by atoms with van der Waals surface area (Å²) in [6.07, 6.45) is 1.81. The molecule has 1 aliphatic rings. The smallest absolute Gasteiger partial charge is 0.397 e. The van der Waals surface area contributed by atoms with E-state index in [0.29, 0.717) is 27.0 Å². The topological polar surface area (TPSA) is 143 Å². The van der Waals surface area contributed by atoms with Crippen LogP contribution in [0, 0.1) is 5.41 Å². The predicted octanol–water partition coefficient (Wildman–Crippen LogP) is 3.88. The molecule has 0 fully saturated rings. The number of phenolic OH excluding ortho intramolecular Hbond substituents is 1. The van der Waals surface area contributed by atoms with Crippen LogP contribution in [-0.2, 0) is 14.6 Å². The maximum atomic E-state index is 13.4. The fraction of sp³-hybridized carbons (Fsp3) is 0.231. The fourth-order valence-corrected chi connectivity index (χ4v) is 4.84. The van der Waals surface area contributed by atoms with Crippen molar-refractivity contribution < 1.29 is 31.8 Å². The Morgan fingerprint density at radius 1 is 1.03 bits per heavy atom. The maximum absolute atomic E-state index is 13.4. The van der Waals surface area contributed by atoms with Gasteiger partial charge in [0.1, 0.15) is 5.75 Å². The molecule has 0 unspecified atom stereocenters. The zero-order valence-corrected chi connectivity index (χ0v) is 22.6. The Balaban J connectivity index is 0.000000568. The number of allylic oxidation sites excluding steroid dienone is 2. The van der Waals surface area contributed by atoms with Gasteiger partial charge in [0.05, 0.1) is 57.5 Å². The Labute approximate surface area is 220 Å². The molecule has 0 aromatic heterocycles. The van der Waals surface area contributed by atoms with Gasteiger partial charge in [0.2, 0.25) is 0 Å². The number of para-hydroxylation sites is 1. The van der Waals surface area contributed by atoms with Crippen LogP contribution in [0.5, 0.6) is 11.5 Å². The summed E-state index contributed by atoms with van der Waals surface area (Å²) >= 11 is 1.56. The number of hydrogen-bond donors (Lipinski definition) is 3. The van der Waals surface area contributed by atoms with Crippen LogP contribution in [0.25, 0.3) is 10.8 Å². The number of nitrogens with one attached hydrogen (secondary N) is 1. The quantitative estimate of drug-likeness (QED) is 0.316. The van der Waals surface area contributed by atoms with Crippen LogP contribution in [-0.4, -0.2) is 74.5 Å². The number of nitrogens with zero attached hydrogens (tertiary/aromatic N) is 2. The summed E-state index contributed by atoms with van der Waals surface area (Å²) in [5.41, 5.74) is 1.94. The second-order valence-corrected chi connectivity index (χ2v) is 11.5. The molecule has 0 aliphatic heterocycles. The first kappa shape index (κ1) is 28.4. The van der Waals surface area contributed by atoms with Gasteiger partial charge in [-0.25, -0.2) is 4.99 Å². The summed E-state index contributed by atoms with van der Waals surface area (Å²) in [5, 5.41) is 34.2. The van der Waals surface area contributed by atoms with Crippen LogP contribution in [0.2, 0.25) is 0 Å². The Kier molecular flexibility index (Phi) is 8.77. The van der Waals surface area contributed by atoms with Crippen molar-refractivity contribution in [2.45, 2.75) is 0 Å². The highest BCUT2D eigenvalue weighted by Crippen LogP contribution is 2.43. The lowest BCUT2D eigenvalue weighted by Crippen LogP contribution is -2.36. The average molecular weight is 544 g/mol. The summed E-state index contributed by atoms with van der Waals surface area (Å²) in [6, 6.07) is 16.4. The molecular formula is C26H29N3O6S2. The van der Waals surface area contributed by atoms with E-state index in [1.165, 1.54) is 0 Å². The Morgan fingerprint density at radius 3 is 2.16 bits per heavy atom. The van der Waals surface area contributed by atoms with E-state index in [9.17, 15) is 18.6 Å². The summed E-state index contributed by atoms with van der Waals surface area (Å²) in [7, 11) is 3.08. The molecule has 37 heavy (non-hydrogen) atoms. The summed E-state index contributed by atoms with van der Waals surface area (Å²) in [5.74, 6) is 0.563. The molecule has 0 spiro atoms. The van der Waals surface area contributed by atoms with Gasteiger partial charge >= 0.3 is 10.4 Å². The molecule has 0 saturated carbocycles. The lowest BCUT2D eigenvalue weighted by molar-refractivity contribution is -0.867. The van der Waals surface area contributed by atoms with E-state index in [1.54, 1.807) is 36.0 Å². The maximum Gasteiger partial charge on any atom is 0.397 e. The SMILES string of the molecule is COS(=O)(=O)O.C[N+](C)(C)CCSC1=CC(=Nc2ccccc2)c2c(c(O)c3ccccc3c2[O-])C1=N. The van der Waals surface area contributed by atoms with Gasteiger partial charge in [-0.1, -0.05) is 48.2 Å². The first-order valence-electron chi connectivity index (χ1n) is 11.2. The lowest BCUT2D eigenvalue weighted by Gasteiger charge is -2.28. The number of phenols is 1. The number of aromatic hydroxyl groups is 1. The van der Waals surface area contributed by atoms with Gasteiger partial charge in [0.25, 0.3) is 0 Å². The van der Waals surface area contributed by atoms with E-state index in [4.69, 9.17) is 15.0 Å². The van der Waals surface area contributed by atoms with E-state index in [0.717, 1.165) is 29.6 Å². The Bertz CT molecular complexity index is 1480. The van der Waals surface area contributed by atoms with Crippen LogP contribution in [0.4, 0.5) is 5.69 Å². The molecule has 3 N–H and O–H groups in total. The molecule has 11 heteroatoms. The molecule has 0 amide bonds. The number of fused-ring (bicyclic) bond motifs is 2. The largest absolute Gasteiger partial charge is 0.872 e. The van der Waals surface area contributed by atoms with Gasteiger partial charge in [0, 0.05) is 21.6 Å². The molecule has 0 radical (unpaired) electrons. The van der Waals surface area contributed by atoms with Crippen LogP contribution in [0.15, 0.2) is 70.6 Å². The summed E-state index contributed by atoms with van der Waals surface area (Å²) in [6.45, 7) is 0.920. The van der Waals surface area contributed by atoms with Crippen molar-refractivity contribution in [1.82, 2.24) is 0 Å². The van der Waals surface area contributed by atoms with E-state index in [1.807, 2.05) is 36.4 Å². The molecule has 3 aromatic carbocycles. The normalized spacial score (nSPS) is 14.7. The third-order valence-corrected chi connectivity index (χ3v) is 6.84. The molecule has 0 heterocycles. The zero-order chi connectivity index (χ0) is 27.4. The first-order valence-corrected chi connectivity index (χ1v) is 13.5. The second-order valence-electron chi connectivity index (χ2n) is 9.15. The van der Waals surface area contributed by atoms with E-state index >= 15 is 0 Å². The number of quaternary nitrogens is 1. The van der Waals surface area contributed by atoms with Gasteiger partial charge in [-0.15, -0.1) is 11.8 Å². The van der Waals surface area contributed by atoms with Crippen molar-refractivity contribution in [1.29, 1.82) is 5.41 Å². The van der Waals surface area contributed by atoms with Crippen LogP contribution >= 0.6 is 11.8 Å². The molecule has 1 aliphatic carbocycles. The molecule has 0 bridgehead atoms. The van der Waals surface area contributed by atoms with E-state index in [2.05, 4.69) is 25.3 Å². The van der Waals surface area contributed by atoms with Crippen LogP contribution in [0.1, 0.15) is 11.1 Å². The highest BCUT2D eigenvalue weighted by molar-refractivity contribution is 8.04. The van der Waals surface area contributed by atoms with Crippen molar-refractivity contribution in [2.75, 3.05) is 40.6 Å².